The number of rotatable bonds is 3. The van der Waals surface area contributed by atoms with E-state index >= 15 is 0 Å². The molecule has 0 bridgehead atoms. The molecule has 1 aliphatic heterocycles. The summed E-state index contributed by atoms with van der Waals surface area (Å²) in [5.41, 5.74) is 7.97. The van der Waals surface area contributed by atoms with E-state index in [-0.39, 0.29) is 5.56 Å². The minimum absolute atomic E-state index is 0.0247. The fraction of sp³-hybridized carbons (Fsp3) is 0.316. The molecule has 1 heterocycles. The van der Waals surface area contributed by atoms with Crippen LogP contribution in [-0.4, -0.2) is 18.5 Å². The molecule has 1 fully saturated rings. The maximum absolute atomic E-state index is 13.8. The first-order chi connectivity index (χ1) is 12.0. The van der Waals surface area contributed by atoms with E-state index in [0.29, 0.717) is 22.4 Å². The fourth-order valence-electron chi connectivity index (χ4n) is 3.21. The van der Waals surface area contributed by atoms with E-state index in [1.165, 1.54) is 24.6 Å². The Labute approximate surface area is 151 Å². The lowest BCUT2D eigenvalue weighted by molar-refractivity contribution is 0.102. The van der Waals surface area contributed by atoms with Crippen molar-refractivity contribution in [1.82, 2.24) is 0 Å². The van der Waals surface area contributed by atoms with E-state index in [0.717, 1.165) is 25.1 Å². The molecule has 1 aliphatic rings. The van der Waals surface area contributed by atoms with Crippen LogP contribution in [-0.2, 0) is 0 Å². The lowest BCUT2D eigenvalue weighted by atomic mass is 10.0. The van der Waals surface area contributed by atoms with Crippen LogP contribution in [0.3, 0.4) is 0 Å². The van der Waals surface area contributed by atoms with Gasteiger partial charge in [-0.25, -0.2) is 4.39 Å². The van der Waals surface area contributed by atoms with Gasteiger partial charge in [0.2, 0.25) is 0 Å². The average Bonchev–Trinajstić information content (AvgIpc) is 2.58. The minimum Gasteiger partial charge on any atom is -0.397 e. The number of piperidine rings is 1. The van der Waals surface area contributed by atoms with Crippen molar-refractivity contribution in [3.8, 4) is 0 Å². The number of halogens is 2. The number of amides is 1. The van der Waals surface area contributed by atoms with Gasteiger partial charge in [-0.15, -0.1) is 0 Å². The van der Waals surface area contributed by atoms with Gasteiger partial charge in [0, 0.05) is 12.6 Å². The number of carbonyl (C=O) groups is 1. The standard InChI is InChI=1S/C19H21ClFN3O/c1-12-6-4-5-9-24(12)18-11-17(14(20)10-16(18)22)23-19(25)13-7-2-3-8-15(13)21/h2-3,7-8,10-12H,4-6,9,22H2,1H3,(H,23,25)/t12-/m1/s1. The molecule has 0 aromatic heterocycles. The van der Waals surface area contributed by atoms with Gasteiger partial charge in [-0.05, 0) is 50.5 Å². The molecule has 0 aliphatic carbocycles. The van der Waals surface area contributed by atoms with Gasteiger partial charge in [0.15, 0.2) is 0 Å². The van der Waals surface area contributed by atoms with Crippen molar-refractivity contribution in [3.05, 3.63) is 52.8 Å². The summed E-state index contributed by atoms with van der Waals surface area (Å²) in [6.07, 6.45) is 3.39. The maximum atomic E-state index is 13.8. The van der Waals surface area contributed by atoms with Crippen molar-refractivity contribution >= 4 is 34.6 Å². The highest BCUT2D eigenvalue weighted by atomic mass is 35.5. The number of nitrogens with zero attached hydrogens (tertiary/aromatic N) is 1. The van der Waals surface area contributed by atoms with Gasteiger partial charge in [-0.1, -0.05) is 23.7 Å². The topological polar surface area (TPSA) is 58.4 Å². The van der Waals surface area contributed by atoms with E-state index in [1.807, 2.05) is 0 Å². The summed E-state index contributed by atoms with van der Waals surface area (Å²) in [7, 11) is 0. The Hall–Kier alpha value is -2.27. The summed E-state index contributed by atoms with van der Waals surface area (Å²) in [4.78, 5) is 14.6. The van der Waals surface area contributed by atoms with Crippen LogP contribution in [0.15, 0.2) is 36.4 Å². The van der Waals surface area contributed by atoms with E-state index in [2.05, 4.69) is 17.1 Å². The fourth-order valence-corrected chi connectivity index (χ4v) is 3.43. The zero-order valence-corrected chi connectivity index (χ0v) is 14.8. The first kappa shape index (κ1) is 17.5. The highest BCUT2D eigenvalue weighted by Crippen LogP contribution is 2.36. The van der Waals surface area contributed by atoms with Crippen LogP contribution in [0.25, 0.3) is 0 Å². The van der Waals surface area contributed by atoms with Crippen LogP contribution in [0.5, 0.6) is 0 Å². The Bertz CT molecular complexity index is 796. The number of hydrogen-bond acceptors (Lipinski definition) is 3. The molecule has 3 rings (SSSR count). The predicted molar refractivity (Wildman–Crippen MR) is 101 cm³/mol. The van der Waals surface area contributed by atoms with Gasteiger partial charge >= 0.3 is 0 Å². The van der Waals surface area contributed by atoms with E-state index < -0.39 is 11.7 Å². The number of nitrogens with one attached hydrogen (secondary N) is 1. The number of benzene rings is 2. The average molecular weight is 362 g/mol. The highest BCUT2D eigenvalue weighted by molar-refractivity contribution is 6.34. The Kier molecular flexibility index (Phi) is 5.13. The lowest BCUT2D eigenvalue weighted by Gasteiger charge is -2.36. The van der Waals surface area contributed by atoms with Crippen LogP contribution in [0.4, 0.5) is 21.5 Å². The zero-order chi connectivity index (χ0) is 18.0. The molecule has 6 heteroatoms. The summed E-state index contributed by atoms with van der Waals surface area (Å²) in [5, 5.41) is 3.03. The lowest BCUT2D eigenvalue weighted by Crippen LogP contribution is -2.37. The first-order valence-corrected chi connectivity index (χ1v) is 8.76. The summed E-state index contributed by atoms with van der Waals surface area (Å²) in [6.45, 7) is 3.07. The van der Waals surface area contributed by atoms with Gasteiger partial charge in [0.25, 0.3) is 5.91 Å². The quantitative estimate of drug-likeness (QED) is 0.779. The highest BCUT2D eigenvalue weighted by Gasteiger charge is 2.22. The van der Waals surface area contributed by atoms with Crippen molar-refractivity contribution in [2.45, 2.75) is 32.2 Å². The summed E-state index contributed by atoms with van der Waals surface area (Å²) in [6, 6.07) is 9.62. The minimum atomic E-state index is -0.573. The zero-order valence-electron chi connectivity index (χ0n) is 14.1. The van der Waals surface area contributed by atoms with Crippen LogP contribution < -0.4 is 16.0 Å². The predicted octanol–water partition coefficient (Wildman–Crippen LogP) is 4.69. The second kappa shape index (κ2) is 7.31. The third kappa shape index (κ3) is 3.71. The molecule has 0 saturated carbocycles. The van der Waals surface area contributed by atoms with Crippen LogP contribution in [0, 0.1) is 5.82 Å². The molecule has 25 heavy (non-hydrogen) atoms. The van der Waals surface area contributed by atoms with Crippen molar-refractivity contribution in [1.29, 1.82) is 0 Å². The summed E-state index contributed by atoms with van der Waals surface area (Å²) in [5.74, 6) is -1.11. The van der Waals surface area contributed by atoms with Gasteiger partial charge < -0.3 is 16.0 Å². The molecule has 1 atom stereocenters. The Morgan fingerprint density at radius 1 is 1.32 bits per heavy atom. The molecule has 2 aromatic rings. The third-order valence-electron chi connectivity index (χ3n) is 4.60. The molecule has 0 spiro atoms. The van der Waals surface area contributed by atoms with Gasteiger partial charge in [-0.2, -0.15) is 0 Å². The number of nitrogens with two attached hydrogens (primary N) is 1. The van der Waals surface area contributed by atoms with Gasteiger partial charge in [0.05, 0.1) is 27.6 Å². The number of carbonyl (C=O) groups excluding carboxylic acids is 1. The maximum Gasteiger partial charge on any atom is 0.258 e. The second-order valence-corrected chi connectivity index (χ2v) is 6.77. The SMILES string of the molecule is C[C@@H]1CCCCN1c1cc(NC(=O)c2ccccc2F)c(Cl)cc1N. The van der Waals surface area contributed by atoms with Gasteiger partial charge in [0.1, 0.15) is 5.82 Å². The van der Waals surface area contributed by atoms with E-state index in [1.54, 1.807) is 18.2 Å². The van der Waals surface area contributed by atoms with Crippen molar-refractivity contribution in [3.63, 3.8) is 0 Å². The van der Waals surface area contributed by atoms with Crippen LogP contribution >= 0.6 is 11.6 Å². The molecule has 4 nitrogen and oxygen atoms in total. The Morgan fingerprint density at radius 3 is 2.80 bits per heavy atom. The van der Waals surface area contributed by atoms with Crippen LogP contribution in [0.1, 0.15) is 36.5 Å². The molecule has 0 radical (unpaired) electrons. The third-order valence-corrected chi connectivity index (χ3v) is 4.91. The molecule has 3 N–H and O–H groups in total. The number of anilines is 3. The van der Waals surface area contributed by atoms with Crippen molar-refractivity contribution in [2.24, 2.45) is 0 Å². The second-order valence-electron chi connectivity index (χ2n) is 6.36. The molecular formula is C19H21ClFN3O. The normalized spacial score (nSPS) is 17.4. The Morgan fingerprint density at radius 2 is 2.08 bits per heavy atom. The molecule has 2 aromatic carbocycles. The smallest absolute Gasteiger partial charge is 0.258 e. The molecule has 0 unspecified atom stereocenters. The molecule has 1 amide bonds. The van der Waals surface area contributed by atoms with E-state index in [9.17, 15) is 9.18 Å². The van der Waals surface area contributed by atoms with Crippen molar-refractivity contribution < 1.29 is 9.18 Å². The summed E-state index contributed by atoms with van der Waals surface area (Å²) < 4.78 is 13.8. The number of hydrogen-bond donors (Lipinski definition) is 2. The molecule has 132 valence electrons. The Balaban J connectivity index is 1.90. The monoisotopic (exact) mass is 361 g/mol. The molecular weight excluding hydrogens is 341 g/mol. The molecule has 1 saturated heterocycles. The van der Waals surface area contributed by atoms with E-state index in [4.69, 9.17) is 17.3 Å². The number of nitrogen functional groups attached to an aromatic ring is 1. The summed E-state index contributed by atoms with van der Waals surface area (Å²) >= 11 is 6.24. The largest absolute Gasteiger partial charge is 0.397 e. The van der Waals surface area contributed by atoms with Gasteiger partial charge in [-0.3, -0.25) is 4.79 Å². The van der Waals surface area contributed by atoms with Crippen molar-refractivity contribution in [2.75, 3.05) is 22.5 Å². The van der Waals surface area contributed by atoms with Crippen LogP contribution in [0.2, 0.25) is 5.02 Å². The first-order valence-electron chi connectivity index (χ1n) is 8.39.